The molecule has 1 heterocycles. The minimum absolute atomic E-state index is 0.491. The van der Waals surface area contributed by atoms with Crippen molar-refractivity contribution in [3.05, 3.63) is 35.4 Å². The fourth-order valence-corrected chi connectivity index (χ4v) is 2.82. The second kappa shape index (κ2) is 5.46. The van der Waals surface area contributed by atoms with Gasteiger partial charge in [-0.1, -0.05) is 31.2 Å². The number of rotatable bonds is 3. The summed E-state index contributed by atoms with van der Waals surface area (Å²) in [5.41, 5.74) is 2.08. The Morgan fingerprint density at radius 1 is 1.29 bits per heavy atom. The molecule has 0 bridgehead atoms. The molecular formula is C15H21NO. The number of hydrogen-bond acceptors (Lipinski definition) is 2. The molecule has 0 spiro atoms. The molecule has 1 aromatic rings. The van der Waals surface area contributed by atoms with Crippen LogP contribution in [0.1, 0.15) is 41.6 Å². The first-order chi connectivity index (χ1) is 8.22. The van der Waals surface area contributed by atoms with E-state index < -0.39 is 0 Å². The fraction of sp³-hybridized carbons (Fsp3) is 0.533. The van der Waals surface area contributed by atoms with Crippen LogP contribution in [-0.4, -0.2) is 31.3 Å². The number of likely N-dealkylation sites (tertiary alicyclic amines) is 1. The lowest BCUT2D eigenvalue weighted by Gasteiger charge is -2.33. The lowest BCUT2D eigenvalue weighted by atomic mass is 9.80. The van der Waals surface area contributed by atoms with Crippen molar-refractivity contribution >= 4 is 6.29 Å². The Morgan fingerprint density at radius 3 is 2.59 bits per heavy atom. The van der Waals surface area contributed by atoms with Crippen LogP contribution in [-0.2, 0) is 0 Å². The highest BCUT2D eigenvalue weighted by Gasteiger charge is 2.24. The molecule has 17 heavy (non-hydrogen) atoms. The lowest BCUT2D eigenvalue weighted by molar-refractivity contribution is 0.112. The Morgan fingerprint density at radius 2 is 1.94 bits per heavy atom. The molecule has 1 aromatic carbocycles. The van der Waals surface area contributed by atoms with Gasteiger partial charge < -0.3 is 4.90 Å². The summed E-state index contributed by atoms with van der Waals surface area (Å²) in [7, 11) is 2.18. The second-order valence-electron chi connectivity index (χ2n) is 5.18. The van der Waals surface area contributed by atoms with Gasteiger partial charge in [-0.2, -0.15) is 0 Å². The summed E-state index contributed by atoms with van der Waals surface area (Å²) >= 11 is 0. The first-order valence-corrected chi connectivity index (χ1v) is 6.45. The van der Waals surface area contributed by atoms with Crippen molar-refractivity contribution in [2.24, 2.45) is 5.92 Å². The van der Waals surface area contributed by atoms with Gasteiger partial charge in [-0.3, -0.25) is 4.79 Å². The Labute approximate surface area is 104 Å². The number of hydrogen-bond donors (Lipinski definition) is 0. The summed E-state index contributed by atoms with van der Waals surface area (Å²) in [5.74, 6) is 1.21. The quantitative estimate of drug-likeness (QED) is 0.745. The average Bonchev–Trinajstić information content (AvgIpc) is 2.39. The molecule has 0 radical (unpaired) electrons. The van der Waals surface area contributed by atoms with Crippen molar-refractivity contribution in [1.29, 1.82) is 0 Å². The van der Waals surface area contributed by atoms with Crippen molar-refractivity contribution in [3.8, 4) is 0 Å². The molecule has 1 saturated heterocycles. The lowest BCUT2D eigenvalue weighted by Crippen LogP contribution is -2.32. The molecule has 2 heteroatoms. The van der Waals surface area contributed by atoms with Gasteiger partial charge in [-0.05, 0) is 50.4 Å². The van der Waals surface area contributed by atoms with Crippen molar-refractivity contribution in [2.75, 3.05) is 20.1 Å². The number of benzene rings is 1. The van der Waals surface area contributed by atoms with Crippen molar-refractivity contribution < 1.29 is 4.79 Å². The zero-order valence-corrected chi connectivity index (χ0v) is 10.7. The van der Waals surface area contributed by atoms with E-state index in [9.17, 15) is 4.79 Å². The molecule has 2 nitrogen and oxygen atoms in total. The van der Waals surface area contributed by atoms with Crippen LogP contribution in [0.2, 0.25) is 0 Å². The molecule has 1 fully saturated rings. The van der Waals surface area contributed by atoms with Crippen LogP contribution >= 0.6 is 0 Å². The van der Waals surface area contributed by atoms with E-state index in [1.807, 2.05) is 18.2 Å². The first kappa shape index (κ1) is 12.3. The number of carbonyl (C=O) groups excluding carboxylic acids is 1. The molecule has 1 aliphatic heterocycles. The maximum atomic E-state index is 11.1. The number of piperidine rings is 1. The van der Waals surface area contributed by atoms with Gasteiger partial charge in [0.15, 0.2) is 0 Å². The van der Waals surface area contributed by atoms with E-state index in [1.165, 1.54) is 31.5 Å². The molecule has 0 N–H and O–H groups in total. The Bertz CT molecular complexity index is 380. The van der Waals surface area contributed by atoms with E-state index in [2.05, 4.69) is 24.9 Å². The molecule has 92 valence electrons. The van der Waals surface area contributed by atoms with Gasteiger partial charge in [0.1, 0.15) is 6.29 Å². The number of nitrogens with zero attached hydrogens (tertiary/aromatic N) is 1. The second-order valence-corrected chi connectivity index (χ2v) is 5.18. The molecule has 1 unspecified atom stereocenters. The summed E-state index contributed by atoms with van der Waals surface area (Å²) < 4.78 is 0. The highest BCUT2D eigenvalue weighted by molar-refractivity contribution is 5.77. The maximum absolute atomic E-state index is 11.1. The van der Waals surface area contributed by atoms with Gasteiger partial charge in [0, 0.05) is 5.56 Å². The molecule has 0 aliphatic carbocycles. The van der Waals surface area contributed by atoms with Gasteiger partial charge >= 0.3 is 0 Å². The van der Waals surface area contributed by atoms with Gasteiger partial charge in [0.2, 0.25) is 0 Å². The Hall–Kier alpha value is -1.15. The fourth-order valence-electron chi connectivity index (χ4n) is 2.82. The standard InChI is InChI=1S/C15H21NO/c1-12(13-7-9-16(2)10-8-13)15-6-4-3-5-14(15)11-17/h3-6,11-13H,7-10H2,1-2H3. The molecular weight excluding hydrogens is 210 g/mol. The molecule has 1 atom stereocenters. The van der Waals surface area contributed by atoms with E-state index in [-0.39, 0.29) is 0 Å². The maximum Gasteiger partial charge on any atom is 0.150 e. The van der Waals surface area contributed by atoms with Crippen LogP contribution in [0.4, 0.5) is 0 Å². The smallest absolute Gasteiger partial charge is 0.150 e. The number of aldehydes is 1. The normalized spacial score (nSPS) is 20.1. The Kier molecular flexibility index (Phi) is 3.95. The minimum Gasteiger partial charge on any atom is -0.306 e. The van der Waals surface area contributed by atoms with E-state index in [4.69, 9.17) is 0 Å². The van der Waals surface area contributed by atoms with Gasteiger partial charge in [-0.15, -0.1) is 0 Å². The van der Waals surface area contributed by atoms with Gasteiger partial charge in [-0.25, -0.2) is 0 Å². The predicted octanol–water partition coefficient (Wildman–Crippen LogP) is 2.94. The summed E-state index contributed by atoms with van der Waals surface area (Å²) in [6.45, 7) is 4.62. The highest BCUT2D eigenvalue weighted by atomic mass is 16.1. The summed E-state index contributed by atoms with van der Waals surface area (Å²) in [4.78, 5) is 13.4. The number of carbonyl (C=O) groups is 1. The summed E-state index contributed by atoms with van der Waals surface area (Å²) in [6.07, 6.45) is 3.47. The largest absolute Gasteiger partial charge is 0.306 e. The highest BCUT2D eigenvalue weighted by Crippen LogP contribution is 2.33. The average molecular weight is 231 g/mol. The minimum atomic E-state index is 0.491. The zero-order valence-electron chi connectivity index (χ0n) is 10.7. The van der Waals surface area contributed by atoms with Crippen molar-refractivity contribution in [2.45, 2.75) is 25.7 Å². The monoisotopic (exact) mass is 231 g/mol. The van der Waals surface area contributed by atoms with Gasteiger partial charge in [0.25, 0.3) is 0 Å². The summed E-state index contributed by atoms with van der Waals surface area (Å²) in [6, 6.07) is 8.00. The predicted molar refractivity (Wildman–Crippen MR) is 70.5 cm³/mol. The van der Waals surface area contributed by atoms with E-state index in [1.54, 1.807) is 0 Å². The van der Waals surface area contributed by atoms with E-state index in [0.717, 1.165) is 11.8 Å². The molecule has 0 amide bonds. The van der Waals surface area contributed by atoms with E-state index in [0.29, 0.717) is 11.8 Å². The molecule has 0 aromatic heterocycles. The van der Waals surface area contributed by atoms with E-state index >= 15 is 0 Å². The Balaban J connectivity index is 2.13. The third kappa shape index (κ3) is 2.75. The van der Waals surface area contributed by atoms with Crippen LogP contribution in [0.3, 0.4) is 0 Å². The van der Waals surface area contributed by atoms with Gasteiger partial charge in [0.05, 0.1) is 0 Å². The van der Waals surface area contributed by atoms with Crippen LogP contribution in [0.25, 0.3) is 0 Å². The summed E-state index contributed by atoms with van der Waals surface area (Å²) in [5, 5.41) is 0. The van der Waals surface area contributed by atoms with Crippen molar-refractivity contribution in [1.82, 2.24) is 4.90 Å². The van der Waals surface area contributed by atoms with Crippen LogP contribution in [0.5, 0.6) is 0 Å². The molecule has 1 aliphatic rings. The van der Waals surface area contributed by atoms with Crippen molar-refractivity contribution in [3.63, 3.8) is 0 Å². The third-order valence-electron chi connectivity index (χ3n) is 4.08. The zero-order chi connectivity index (χ0) is 12.3. The first-order valence-electron chi connectivity index (χ1n) is 6.45. The molecule has 2 rings (SSSR count). The van der Waals surface area contributed by atoms with Crippen LogP contribution in [0, 0.1) is 5.92 Å². The van der Waals surface area contributed by atoms with Crippen LogP contribution in [0.15, 0.2) is 24.3 Å². The van der Waals surface area contributed by atoms with Crippen LogP contribution < -0.4 is 0 Å². The topological polar surface area (TPSA) is 20.3 Å². The molecule has 0 saturated carbocycles. The third-order valence-corrected chi connectivity index (χ3v) is 4.08. The SMILES string of the molecule is CC(c1ccccc1C=O)C1CCN(C)CC1.